The molecule has 0 spiro atoms. The minimum atomic E-state index is 0. The van der Waals surface area contributed by atoms with Crippen LogP contribution < -0.4 is 10.1 Å². The molecule has 0 atom stereocenters. The molecule has 1 N–H and O–H groups in total. The summed E-state index contributed by atoms with van der Waals surface area (Å²) >= 11 is 0. The van der Waals surface area contributed by atoms with Gasteiger partial charge in [-0.15, -0.1) is 35.0 Å². The quantitative estimate of drug-likeness (QED) is 0.192. The molecule has 1 aromatic heterocycles. The number of fused-ring (bicyclic) bond motifs is 2. The summed E-state index contributed by atoms with van der Waals surface area (Å²) < 4.78 is 5.59. The third-order valence-electron chi connectivity index (χ3n) is 8.40. The first-order valence-electron chi connectivity index (χ1n) is 14.7. The highest BCUT2D eigenvalue weighted by Gasteiger charge is 2.21. The highest BCUT2D eigenvalue weighted by molar-refractivity contribution is 6.01. The van der Waals surface area contributed by atoms with E-state index in [0.29, 0.717) is 6.04 Å². The number of nitrogens with zero attached hydrogens (tertiary/aromatic N) is 3. The number of nitrogens with one attached hydrogen (secondary N) is 1. The monoisotopic (exact) mass is 622 g/mol. The molecule has 2 heterocycles. The van der Waals surface area contributed by atoms with E-state index in [1.807, 2.05) is 12.1 Å². The molecule has 7 rings (SSSR count). The van der Waals surface area contributed by atoms with Gasteiger partial charge in [0.1, 0.15) is 11.4 Å². The molecular formula is C37H36Cl2N4O. The molecule has 0 saturated carbocycles. The number of likely N-dealkylation sites (tertiary alicyclic amines) is 1. The topological polar surface area (TPSA) is 50.3 Å². The summed E-state index contributed by atoms with van der Waals surface area (Å²) in [6, 6.07) is 40.9. The highest BCUT2D eigenvalue weighted by atomic mass is 35.5. The van der Waals surface area contributed by atoms with Crippen LogP contribution in [0.4, 0.5) is 5.82 Å². The predicted molar refractivity (Wildman–Crippen MR) is 187 cm³/mol. The number of halogens is 2. The second kappa shape index (κ2) is 14.1. The van der Waals surface area contributed by atoms with Crippen molar-refractivity contribution in [3.63, 3.8) is 0 Å². The number of ether oxygens (including phenoxy) is 1. The van der Waals surface area contributed by atoms with Gasteiger partial charge in [-0.05, 0) is 64.6 Å². The van der Waals surface area contributed by atoms with E-state index in [-0.39, 0.29) is 24.8 Å². The fourth-order valence-electron chi connectivity index (χ4n) is 6.06. The lowest BCUT2D eigenvalue weighted by molar-refractivity contribution is 0.211. The van der Waals surface area contributed by atoms with Crippen molar-refractivity contribution < 1.29 is 4.74 Å². The second-order valence-electron chi connectivity index (χ2n) is 11.1. The van der Waals surface area contributed by atoms with Crippen molar-refractivity contribution in [1.29, 1.82) is 0 Å². The zero-order valence-electron chi connectivity index (χ0n) is 24.6. The van der Waals surface area contributed by atoms with Gasteiger partial charge in [-0.1, -0.05) is 91.0 Å². The number of benzene rings is 5. The van der Waals surface area contributed by atoms with Gasteiger partial charge < -0.3 is 10.1 Å². The van der Waals surface area contributed by atoms with Crippen LogP contribution in [-0.2, 0) is 6.54 Å². The molecule has 6 aromatic rings. The van der Waals surface area contributed by atoms with Crippen molar-refractivity contribution in [2.45, 2.75) is 25.4 Å². The minimum absolute atomic E-state index is 0. The Labute approximate surface area is 271 Å². The van der Waals surface area contributed by atoms with E-state index in [1.54, 1.807) is 7.11 Å². The summed E-state index contributed by atoms with van der Waals surface area (Å²) in [5.74, 6) is 1.63. The molecule has 0 bridgehead atoms. The van der Waals surface area contributed by atoms with Crippen molar-refractivity contribution in [3.8, 4) is 28.1 Å². The first-order chi connectivity index (χ1) is 20.7. The van der Waals surface area contributed by atoms with Crippen LogP contribution in [0, 0.1) is 0 Å². The van der Waals surface area contributed by atoms with E-state index < -0.39 is 0 Å². The summed E-state index contributed by atoms with van der Waals surface area (Å²) in [7, 11) is 1.71. The Balaban J connectivity index is 0.00000192. The maximum absolute atomic E-state index is 5.59. The molecule has 0 unspecified atom stereocenters. The Morgan fingerprint density at radius 2 is 1.36 bits per heavy atom. The average molecular weight is 624 g/mol. The van der Waals surface area contributed by atoms with E-state index in [1.165, 1.54) is 27.5 Å². The SMILES string of the molecule is COc1ccc2c(-c3ccc(-c4ccccc4)cc3)nnc(NC3CCN(Cc4ccc5ccccc5c4)CC3)c2c1.Cl.Cl. The van der Waals surface area contributed by atoms with E-state index in [2.05, 4.69) is 113 Å². The van der Waals surface area contributed by atoms with Gasteiger partial charge in [-0.3, -0.25) is 4.90 Å². The van der Waals surface area contributed by atoms with Crippen molar-refractivity contribution in [2.24, 2.45) is 0 Å². The standard InChI is InChI=1S/C37H34N4O.2ClH/c1-42-33-17-18-34-35(24-33)37(40-39-36(34)30-15-13-29(14-16-30)27-7-3-2-4-8-27)38-32-19-21-41(22-20-32)25-26-11-12-28-9-5-6-10-31(28)23-26;;/h2-18,23-24,32H,19-22,25H2,1H3,(H,38,40);2*1H. The Hall–Kier alpha value is -4.16. The van der Waals surface area contributed by atoms with Gasteiger partial charge in [0.15, 0.2) is 5.82 Å². The Morgan fingerprint density at radius 1 is 0.682 bits per heavy atom. The van der Waals surface area contributed by atoms with Gasteiger partial charge in [-0.2, -0.15) is 0 Å². The van der Waals surface area contributed by atoms with Crippen molar-refractivity contribution in [2.75, 3.05) is 25.5 Å². The Morgan fingerprint density at radius 3 is 2.11 bits per heavy atom. The van der Waals surface area contributed by atoms with E-state index in [0.717, 1.165) is 66.1 Å². The van der Waals surface area contributed by atoms with Crippen LogP contribution in [0.3, 0.4) is 0 Å². The van der Waals surface area contributed by atoms with Crippen LogP contribution >= 0.6 is 24.8 Å². The molecular weight excluding hydrogens is 587 g/mol. The largest absolute Gasteiger partial charge is 0.497 e. The van der Waals surface area contributed by atoms with Gasteiger partial charge in [0.25, 0.3) is 0 Å². The first-order valence-corrected chi connectivity index (χ1v) is 14.7. The van der Waals surface area contributed by atoms with Crippen LogP contribution in [0.5, 0.6) is 5.75 Å². The number of anilines is 1. The van der Waals surface area contributed by atoms with E-state index >= 15 is 0 Å². The third kappa shape index (κ3) is 6.66. The first kappa shape index (κ1) is 31.3. The van der Waals surface area contributed by atoms with Gasteiger partial charge in [0.05, 0.1) is 7.11 Å². The van der Waals surface area contributed by atoms with Crippen molar-refractivity contribution >= 4 is 52.2 Å². The van der Waals surface area contributed by atoms with Crippen LogP contribution in [0.2, 0.25) is 0 Å². The Kier molecular flexibility index (Phi) is 10.0. The molecule has 1 saturated heterocycles. The summed E-state index contributed by atoms with van der Waals surface area (Å²) in [4.78, 5) is 2.55. The zero-order chi connectivity index (χ0) is 28.3. The summed E-state index contributed by atoms with van der Waals surface area (Å²) in [5, 5.41) is 17.9. The van der Waals surface area contributed by atoms with Crippen LogP contribution in [0.25, 0.3) is 43.9 Å². The smallest absolute Gasteiger partial charge is 0.156 e. The molecule has 0 aliphatic carbocycles. The van der Waals surface area contributed by atoms with Crippen LogP contribution in [0.1, 0.15) is 18.4 Å². The minimum Gasteiger partial charge on any atom is -0.497 e. The average Bonchev–Trinajstić information content (AvgIpc) is 3.06. The Bertz CT molecular complexity index is 1840. The van der Waals surface area contributed by atoms with Gasteiger partial charge in [0.2, 0.25) is 0 Å². The molecule has 0 radical (unpaired) electrons. The lowest BCUT2D eigenvalue weighted by Crippen LogP contribution is -2.38. The molecule has 224 valence electrons. The normalized spacial score (nSPS) is 13.7. The molecule has 44 heavy (non-hydrogen) atoms. The predicted octanol–water partition coefficient (Wildman–Crippen LogP) is 9.05. The van der Waals surface area contributed by atoms with Gasteiger partial charge >= 0.3 is 0 Å². The summed E-state index contributed by atoms with van der Waals surface area (Å²) in [5.41, 5.74) is 5.68. The molecule has 0 amide bonds. The zero-order valence-corrected chi connectivity index (χ0v) is 26.3. The number of rotatable bonds is 7. The molecule has 5 aromatic carbocycles. The van der Waals surface area contributed by atoms with Crippen LogP contribution in [0.15, 0.2) is 115 Å². The lowest BCUT2D eigenvalue weighted by atomic mass is 10.00. The van der Waals surface area contributed by atoms with Crippen LogP contribution in [-0.4, -0.2) is 41.3 Å². The number of hydrogen-bond acceptors (Lipinski definition) is 5. The maximum atomic E-state index is 5.59. The second-order valence-corrected chi connectivity index (χ2v) is 11.1. The molecule has 1 fully saturated rings. The lowest BCUT2D eigenvalue weighted by Gasteiger charge is -2.32. The fourth-order valence-corrected chi connectivity index (χ4v) is 6.06. The molecule has 7 heteroatoms. The maximum Gasteiger partial charge on any atom is 0.156 e. The van der Waals surface area contributed by atoms with Gasteiger partial charge in [0, 0.05) is 42.0 Å². The van der Waals surface area contributed by atoms with Crippen molar-refractivity contribution in [3.05, 3.63) is 121 Å². The van der Waals surface area contributed by atoms with E-state index in [4.69, 9.17) is 14.9 Å². The third-order valence-corrected chi connectivity index (χ3v) is 8.40. The number of methoxy groups -OCH3 is 1. The summed E-state index contributed by atoms with van der Waals surface area (Å²) in [6.45, 7) is 3.07. The van der Waals surface area contributed by atoms with Gasteiger partial charge in [-0.25, -0.2) is 0 Å². The molecule has 1 aliphatic rings. The fraction of sp³-hybridized carbons (Fsp3) is 0.189. The summed E-state index contributed by atoms with van der Waals surface area (Å²) in [6.07, 6.45) is 2.12. The van der Waals surface area contributed by atoms with E-state index in [9.17, 15) is 0 Å². The van der Waals surface area contributed by atoms with Crippen molar-refractivity contribution in [1.82, 2.24) is 15.1 Å². The number of hydrogen-bond donors (Lipinski definition) is 1. The number of aromatic nitrogens is 2. The molecule has 5 nitrogen and oxygen atoms in total. The number of piperidine rings is 1. The molecule has 1 aliphatic heterocycles. The highest BCUT2D eigenvalue weighted by Crippen LogP contribution is 2.34.